The molecule has 3 aromatic rings. The van der Waals surface area contributed by atoms with Crippen LogP contribution in [0.1, 0.15) is 48.9 Å². The molecule has 0 saturated heterocycles. The van der Waals surface area contributed by atoms with Crippen molar-refractivity contribution in [2.75, 3.05) is 11.6 Å². The third-order valence-electron chi connectivity index (χ3n) is 5.71. The largest absolute Gasteiger partial charge is 0.490 e. The number of rotatable bonds is 7. The van der Waals surface area contributed by atoms with Gasteiger partial charge in [0.15, 0.2) is 9.84 Å². The minimum atomic E-state index is -5.08. The number of pyridine rings is 1. The first-order valence-electron chi connectivity index (χ1n) is 12.8. The summed E-state index contributed by atoms with van der Waals surface area (Å²) in [4.78, 5) is 49.1. The number of hydrogen-bond donors (Lipinski definition) is 4. The van der Waals surface area contributed by atoms with Crippen LogP contribution in [0.5, 0.6) is 0 Å². The van der Waals surface area contributed by atoms with Gasteiger partial charge in [0.2, 0.25) is 5.50 Å². The lowest BCUT2D eigenvalue weighted by Crippen LogP contribution is -2.28. The van der Waals surface area contributed by atoms with E-state index in [4.69, 9.17) is 37.7 Å². The Morgan fingerprint density at radius 2 is 1.80 bits per heavy atom. The number of alkyl halides is 4. The number of sulfone groups is 1. The van der Waals surface area contributed by atoms with Gasteiger partial charge >= 0.3 is 24.1 Å². The molecule has 12 nitrogen and oxygen atoms in total. The number of carboxylic acid groups (broad SMARTS) is 1. The van der Waals surface area contributed by atoms with Crippen LogP contribution in [0.15, 0.2) is 53.7 Å². The number of halogens is 4. The number of aliphatic carboxylic acids is 1. The number of nitrogens with two attached hydrogens (primary N) is 2. The number of nitrogens with zero attached hydrogens (tertiary/aromatic N) is 1. The molecule has 4 rings (SSSR count). The molecule has 0 radical (unpaired) electrons. The third kappa shape index (κ3) is 11.4. The maximum atomic E-state index is 11.9. The Kier molecular flexibility index (Phi) is 13.5. The molecule has 1 atom stereocenters. The molecule has 1 aromatic carbocycles. The second kappa shape index (κ2) is 16.3. The molecule has 18 heteroatoms. The second-order valence-electron chi connectivity index (χ2n) is 9.17. The number of amides is 1. The van der Waals surface area contributed by atoms with Gasteiger partial charge in [-0.3, -0.25) is 9.78 Å². The number of primary amides is 1. The fraction of sp³-hybridized carbons (Fsp3) is 0.296. The number of carbonyl (C=O) groups is 4. The highest BCUT2D eigenvalue weighted by Crippen LogP contribution is 2.37. The molecule has 0 bridgehead atoms. The minimum absolute atomic E-state index is 0.180. The average Bonchev–Trinajstić information content (AvgIpc) is 3.39. The van der Waals surface area contributed by atoms with Gasteiger partial charge in [-0.25, -0.2) is 22.8 Å². The van der Waals surface area contributed by atoms with E-state index in [-0.39, 0.29) is 21.9 Å². The van der Waals surface area contributed by atoms with Gasteiger partial charge in [-0.2, -0.15) is 13.2 Å². The Labute approximate surface area is 264 Å². The predicted octanol–water partition coefficient (Wildman–Crippen LogP) is 3.66. The number of carbonyl (C=O) groups excluding carboxylic acids is 3. The lowest BCUT2D eigenvalue weighted by atomic mass is 9.99. The number of carboxylic acids is 1. The maximum absolute atomic E-state index is 11.9. The van der Waals surface area contributed by atoms with Crippen molar-refractivity contribution in [2.24, 2.45) is 11.5 Å². The monoisotopic (exact) mass is 692 g/mol. The van der Waals surface area contributed by atoms with Gasteiger partial charge in [0.1, 0.15) is 4.88 Å². The van der Waals surface area contributed by atoms with Crippen molar-refractivity contribution in [1.82, 2.24) is 4.98 Å². The molecule has 1 aliphatic carbocycles. The summed E-state index contributed by atoms with van der Waals surface area (Å²) in [5, 5.41) is 9.80. The summed E-state index contributed by atoms with van der Waals surface area (Å²) < 4.78 is 59.9. The Morgan fingerprint density at radius 1 is 1.16 bits per heavy atom. The minimum Gasteiger partial charge on any atom is -0.475 e. The first kappa shape index (κ1) is 37.1. The van der Waals surface area contributed by atoms with Crippen LogP contribution in [0, 0.1) is 0 Å². The number of benzene rings is 1. The zero-order chi connectivity index (χ0) is 33.9. The molecule has 6 N–H and O–H groups in total. The quantitative estimate of drug-likeness (QED) is 0.122. The summed E-state index contributed by atoms with van der Waals surface area (Å²) in [5.41, 5.74) is 11.9. The fourth-order valence-electron chi connectivity index (χ4n) is 3.77. The average molecular weight is 693 g/mol. The topological polar surface area (TPSA) is 209 Å². The van der Waals surface area contributed by atoms with Crippen molar-refractivity contribution in [3.63, 3.8) is 0 Å². The van der Waals surface area contributed by atoms with Crippen molar-refractivity contribution in [2.45, 2.75) is 48.8 Å². The van der Waals surface area contributed by atoms with Crippen LogP contribution in [0.3, 0.4) is 0 Å². The molecule has 0 aliphatic heterocycles. The number of hydrogen-bond acceptors (Lipinski definition) is 11. The van der Waals surface area contributed by atoms with E-state index in [1.165, 1.54) is 23.6 Å². The fourth-order valence-corrected chi connectivity index (χ4v) is 6.83. The van der Waals surface area contributed by atoms with Crippen LogP contribution >= 0.6 is 22.9 Å². The Morgan fingerprint density at radius 3 is 2.33 bits per heavy atom. The summed E-state index contributed by atoms with van der Waals surface area (Å²) in [6.07, 6.45) is 2.75. The van der Waals surface area contributed by atoms with E-state index >= 15 is 0 Å². The lowest BCUT2D eigenvalue weighted by Gasteiger charge is -2.11. The molecule has 1 aliphatic rings. The van der Waals surface area contributed by atoms with E-state index < -0.39 is 45.3 Å². The van der Waals surface area contributed by atoms with Crippen molar-refractivity contribution < 1.29 is 50.6 Å². The molecule has 0 unspecified atom stereocenters. The van der Waals surface area contributed by atoms with E-state index in [1.54, 1.807) is 36.5 Å². The van der Waals surface area contributed by atoms with E-state index in [1.807, 2.05) is 0 Å². The molecular formula is C27H28ClF3N4O8S2. The van der Waals surface area contributed by atoms with Crippen molar-refractivity contribution in [3.05, 3.63) is 75.2 Å². The number of ether oxygens (including phenoxy) is 1. The highest BCUT2D eigenvalue weighted by Gasteiger charge is 2.38. The summed E-state index contributed by atoms with van der Waals surface area (Å²) in [5.74, 6) is -5.07. The zero-order valence-corrected chi connectivity index (χ0v) is 25.9. The predicted molar refractivity (Wildman–Crippen MR) is 159 cm³/mol. The van der Waals surface area contributed by atoms with Crippen LogP contribution in [-0.4, -0.2) is 60.3 Å². The Balaban J connectivity index is 0.000000267. The Bertz CT molecular complexity index is 1630. The number of aryl methyl sites for hydroxylation is 1. The molecule has 0 spiro atoms. The maximum Gasteiger partial charge on any atom is 0.490 e. The lowest BCUT2D eigenvalue weighted by molar-refractivity contribution is -0.192. The molecule has 2 aromatic heterocycles. The normalized spacial score (nSPS) is 13.0. The molecular weight excluding hydrogens is 665 g/mol. The summed E-state index contributed by atoms with van der Waals surface area (Å²) in [7, 11) is -3.37. The SMILES string of the molecule is CS(=O)(=O)c1c(C(N)=O)sc2c1CCCC2.NCc1cccc(C(=O)OC(=O)[C@H](Cl)Nc2cccnc2)c1.O=C(O)C(F)(F)F. The van der Waals surface area contributed by atoms with Crippen LogP contribution < -0.4 is 16.8 Å². The molecule has 244 valence electrons. The van der Waals surface area contributed by atoms with Crippen molar-refractivity contribution >= 4 is 62.3 Å². The molecule has 2 heterocycles. The van der Waals surface area contributed by atoms with Crippen LogP contribution in [-0.2, 0) is 43.5 Å². The summed E-state index contributed by atoms with van der Waals surface area (Å²) >= 11 is 7.11. The first-order chi connectivity index (χ1) is 20.9. The third-order valence-corrected chi connectivity index (χ3v) is 8.63. The highest BCUT2D eigenvalue weighted by atomic mass is 35.5. The molecule has 0 fully saturated rings. The van der Waals surface area contributed by atoms with Crippen LogP contribution in [0.4, 0.5) is 18.9 Å². The van der Waals surface area contributed by atoms with Gasteiger partial charge in [-0.15, -0.1) is 11.3 Å². The summed E-state index contributed by atoms with van der Waals surface area (Å²) in [6.45, 7) is 0.287. The smallest absolute Gasteiger partial charge is 0.475 e. The number of esters is 2. The summed E-state index contributed by atoms with van der Waals surface area (Å²) in [6, 6.07) is 9.89. The van der Waals surface area contributed by atoms with E-state index in [0.29, 0.717) is 5.69 Å². The number of fused-ring (bicyclic) bond motifs is 1. The molecule has 0 saturated carbocycles. The number of nitrogens with one attached hydrogen (secondary N) is 1. The van der Waals surface area contributed by atoms with Gasteiger partial charge in [0, 0.05) is 30.1 Å². The zero-order valence-electron chi connectivity index (χ0n) is 23.5. The van der Waals surface area contributed by atoms with Gasteiger partial charge < -0.3 is 26.6 Å². The van der Waals surface area contributed by atoms with Crippen LogP contribution in [0.2, 0.25) is 0 Å². The van der Waals surface area contributed by atoms with Crippen LogP contribution in [0.25, 0.3) is 0 Å². The van der Waals surface area contributed by atoms with E-state index in [0.717, 1.165) is 47.9 Å². The van der Waals surface area contributed by atoms with Crippen molar-refractivity contribution in [3.8, 4) is 0 Å². The first-order valence-corrected chi connectivity index (χ1v) is 15.9. The molecule has 45 heavy (non-hydrogen) atoms. The van der Waals surface area contributed by atoms with Gasteiger partial charge in [-0.05, 0) is 61.1 Å². The van der Waals surface area contributed by atoms with Crippen molar-refractivity contribution in [1.29, 1.82) is 0 Å². The number of aromatic nitrogens is 1. The number of thiophene rings is 1. The molecule has 1 amide bonds. The number of anilines is 1. The second-order valence-corrected chi connectivity index (χ2v) is 12.7. The standard InChI is InChI=1S/C15H14ClN3O3.C10H13NO3S2.C2HF3O2/c16-13(19-12-5-2-6-18-9-12)15(21)22-14(20)11-4-1-3-10(7-11)8-17;1-16(13,14)9-6-4-2-3-5-7(6)15-8(9)10(11)12;3-2(4,5)1(6)7/h1-7,9,13,19H,8,17H2;2-5H2,1H3,(H2,11,12);(H,6,7)/t13-;;/m1../s1. The Hall–Kier alpha value is -4.06. The van der Waals surface area contributed by atoms with E-state index in [9.17, 15) is 36.0 Å². The highest BCUT2D eigenvalue weighted by molar-refractivity contribution is 7.91. The van der Waals surface area contributed by atoms with Gasteiger partial charge in [0.05, 0.1) is 16.1 Å². The van der Waals surface area contributed by atoms with E-state index in [2.05, 4.69) is 10.3 Å². The van der Waals surface area contributed by atoms with Gasteiger partial charge in [0.25, 0.3) is 5.91 Å². The van der Waals surface area contributed by atoms with Gasteiger partial charge in [-0.1, -0.05) is 23.7 Å².